The minimum Gasteiger partial charge on any atom is -0.403 e. The van der Waals surface area contributed by atoms with Crippen LogP contribution in [0.5, 0.6) is 5.75 Å². The molecule has 1 heterocycles. The van der Waals surface area contributed by atoms with E-state index in [-0.39, 0.29) is 11.7 Å². The summed E-state index contributed by atoms with van der Waals surface area (Å²) in [6, 6.07) is 0.837. The highest BCUT2D eigenvalue weighted by Crippen LogP contribution is 2.45. The molecular formula is C18H21F5N2O2S. The van der Waals surface area contributed by atoms with E-state index in [1.165, 1.54) is 17.5 Å². The summed E-state index contributed by atoms with van der Waals surface area (Å²) in [5, 5.41) is 14.9. The maximum absolute atomic E-state index is 13.2. The first kappa shape index (κ1) is 22.4. The lowest BCUT2D eigenvalue weighted by Crippen LogP contribution is -2.24. The van der Waals surface area contributed by atoms with Gasteiger partial charge in [-0.15, -0.1) is 24.5 Å². The summed E-state index contributed by atoms with van der Waals surface area (Å²) in [5.41, 5.74) is -0.0113. The van der Waals surface area contributed by atoms with Crippen molar-refractivity contribution in [3.8, 4) is 16.3 Å². The van der Waals surface area contributed by atoms with Crippen molar-refractivity contribution in [1.29, 1.82) is 0 Å². The average molecular weight is 424 g/mol. The molecule has 2 rings (SSSR count). The molecule has 1 aromatic carbocycles. The summed E-state index contributed by atoms with van der Waals surface area (Å²) in [6.07, 6.45) is -7.95. The lowest BCUT2D eigenvalue weighted by Gasteiger charge is -2.26. The van der Waals surface area contributed by atoms with Crippen molar-refractivity contribution in [2.24, 2.45) is 0 Å². The Labute approximate surface area is 163 Å². The maximum atomic E-state index is 13.2. The number of rotatable bonds is 8. The van der Waals surface area contributed by atoms with Gasteiger partial charge < -0.3 is 15.2 Å². The highest BCUT2D eigenvalue weighted by Gasteiger charge is 2.37. The van der Waals surface area contributed by atoms with Crippen LogP contribution in [0.2, 0.25) is 0 Å². The van der Waals surface area contributed by atoms with Crippen molar-refractivity contribution >= 4 is 17.0 Å². The van der Waals surface area contributed by atoms with Crippen LogP contribution in [0.25, 0.3) is 10.6 Å². The van der Waals surface area contributed by atoms with E-state index < -0.39 is 30.2 Å². The van der Waals surface area contributed by atoms with Crippen LogP contribution in [0.15, 0.2) is 17.6 Å². The van der Waals surface area contributed by atoms with Crippen molar-refractivity contribution in [1.82, 2.24) is 4.98 Å². The first-order chi connectivity index (χ1) is 13.0. The highest BCUT2D eigenvalue weighted by atomic mass is 32.1. The fourth-order valence-corrected chi connectivity index (χ4v) is 3.58. The fraction of sp³-hybridized carbons (Fsp3) is 0.500. The van der Waals surface area contributed by atoms with E-state index in [1.54, 1.807) is 19.2 Å². The molecule has 0 spiro atoms. The lowest BCUT2D eigenvalue weighted by atomic mass is 9.97. The van der Waals surface area contributed by atoms with Crippen LogP contribution in [0.1, 0.15) is 43.9 Å². The Balaban J connectivity index is 2.74. The zero-order valence-corrected chi connectivity index (χ0v) is 16.3. The van der Waals surface area contributed by atoms with E-state index in [2.05, 4.69) is 15.0 Å². The summed E-state index contributed by atoms with van der Waals surface area (Å²) in [4.78, 5) is 4.11. The van der Waals surface area contributed by atoms with Crippen molar-refractivity contribution in [2.75, 3.05) is 5.32 Å². The molecule has 0 aliphatic carbocycles. The smallest absolute Gasteiger partial charge is 0.403 e. The standard InChI is InChI=1S/C18H21F5N2O2S/c1-4-5-9(2)25-13-10(3)11(17-24-6-7-28-17)8-12(14(26)16(19)20)15(13)27-18(21,22)23/h6-9,14,16,25-26H,4-5H2,1-3H3. The van der Waals surface area contributed by atoms with Gasteiger partial charge in [0.25, 0.3) is 6.43 Å². The molecule has 156 valence electrons. The van der Waals surface area contributed by atoms with Crippen LogP contribution < -0.4 is 10.1 Å². The van der Waals surface area contributed by atoms with Gasteiger partial charge in [0.2, 0.25) is 0 Å². The molecule has 2 N–H and O–H groups in total. The zero-order valence-electron chi connectivity index (χ0n) is 15.5. The van der Waals surface area contributed by atoms with Gasteiger partial charge in [-0.1, -0.05) is 13.3 Å². The Kier molecular flexibility index (Phi) is 7.22. The molecule has 0 radical (unpaired) electrons. The number of alkyl halides is 5. The van der Waals surface area contributed by atoms with Crippen LogP contribution in [0.3, 0.4) is 0 Å². The molecule has 0 aliphatic heterocycles. The van der Waals surface area contributed by atoms with Crippen molar-refractivity contribution < 1.29 is 31.8 Å². The second-order valence-electron chi connectivity index (χ2n) is 6.34. The Hall–Kier alpha value is -1.94. The summed E-state index contributed by atoms with van der Waals surface area (Å²) in [7, 11) is 0. The number of hydrogen-bond acceptors (Lipinski definition) is 5. The molecule has 2 aromatic rings. The van der Waals surface area contributed by atoms with Gasteiger partial charge in [0.1, 0.15) is 11.1 Å². The summed E-state index contributed by atoms with van der Waals surface area (Å²) < 4.78 is 69.6. The third-order valence-corrected chi connectivity index (χ3v) is 4.92. The van der Waals surface area contributed by atoms with Gasteiger partial charge in [-0.05, 0) is 31.9 Å². The Morgan fingerprint density at radius 2 is 2.00 bits per heavy atom. The number of aliphatic hydroxyl groups excluding tert-OH is 1. The SMILES string of the molecule is CCCC(C)Nc1c(C)c(-c2nccs2)cc(C(O)C(F)F)c1OC(F)(F)F. The van der Waals surface area contributed by atoms with Gasteiger partial charge in [0.15, 0.2) is 5.75 Å². The second kappa shape index (κ2) is 9.04. The highest BCUT2D eigenvalue weighted by molar-refractivity contribution is 7.13. The van der Waals surface area contributed by atoms with Crippen molar-refractivity contribution in [3.05, 3.63) is 28.8 Å². The maximum Gasteiger partial charge on any atom is 0.573 e. The Morgan fingerprint density at radius 3 is 2.50 bits per heavy atom. The predicted molar refractivity (Wildman–Crippen MR) is 97.9 cm³/mol. The number of ether oxygens (including phenoxy) is 1. The molecule has 0 fully saturated rings. The number of aliphatic hydroxyl groups is 1. The largest absolute Gasteiger partial charge is 0.573 e. The monoisotopic (exact) mass is 424 g/mol. The Morgan fingerprint density at radius 1 is 1.32 bits per heavy atom. The topological polar surface area (TPSA) is 54.4 Å². The quantitative estimate of drug-likeness (QED) is 0.517. The van der Waals surface area contributed by atoms with Gasteiger partial charge in [0.05, 0.1) is 5.69 Å². The van der Waals surface area contributed by atoms with Crippen molar-refractivity contribution in [3.63, 3.8) is 0 Å². The van der Waals surface area contributed by atoms with E-state index in [1.807, 2.05) is 6.92 Å². The molecule has 28 heavy (non-hydrogen) atoms. The van der Waals surface area contributed by atoms with Crippen LogP contribution in [0.4, 0.5) is 27.6 Å². The van der Waals surface area contributed by atoms with Crippen LogP contribution in [0, 0.1) is 6.92 Å². The van der Waals surface area contributed by atoms with E-state index in [9.17, 15) is 27.1 Å². The number of hydrogen-bond donors (Lipinski definition) is 2. The van der Waals surface area contributed by atoms with E-state index in [4.69, 9.17) is 0 Å². The molecule has 0 aliphatic rings. The van der Waals surface area contributed by atoms with Crippen LogP contribution in [-0.4, -0.2) is 28.9 Å². The first-order valence-corrected chi connectivity index (χ1v) is 9.49. The average Bonchev–Trinajstić information content (AvgIpc) is 3.11. The number of nitrogens with zero attached hydrogens (tertiary/aromatic N) is 1. The van der Waals surface area contributed by atoms with E-state index in [0.29, 0.717) is 22.6 Å². The molecule has 2 unspecified atom stereocenters. The summed E-state index contributed by atoms with van der Waals surface area (Å²) in [6.45, 7) is 5.23. The number of thiazole rings is 1. The third kappa shape index (κ3) is 5.32. The molecule has 0 saturated carbocycles. The van der Waals surface area contributed by atoms with Gasteiger partial charge in [-0.3, -0.25) is 0 Å². The summed E-state index contributed by atoms with van der Waals surface area (Å²) >= 11 is 1.20. The van der Waals surface area contributed by atoms with E-state index >= 15 is 0 Å². The van der Waals surface area contributed by atoms with Crippen LogP contribution in [-0.2, 0) is 0 Å². The predicted octanol–water partition coefficient (Wildman–Crippen LogP) is 5.92. The Bertz CT molecular complexity index is 781. The van der Waals surface area contributed by atoms with Gasteiger partial charge >= 0.3 is 6.36 Å². The molecule has 0 bridgehead atoms. The molecule has 4 nitrogen and oxygen atoms in total. The zero-order chi connectivity index (χ0) is 21.1. The number of nitrogens with one attached hydrogen (secondary N) is 1. The molecule has 1 aromatic heterocycles. The number of anilines is 1. The van der Waals surface area contributed by atoms with Crippen LogP contribution >= 0.6 is 11.3 Å². The first-order valence-electron chi connectivity index (χ1n) is 8.61. The number of aromatic nitrogens is 1. The molecule has 2 atom stereocenters. The fourth-order valence-electron chi connectivity index (χ4n) is 2.86. The second-order valence-corrected chi connectivity index (χ2v) is 7.24. The molecular weight excluding hydrogens is 403 g/mol. The lowest BCUT2D eigenvalue weighted by molar-refractivity contribution is -0.275. The molecule has 10 heteroatoms. The van der Waals surface area contributed by atoms with Gasteiger partial charge in [-0.2, -0.15) is 0 Å². The van der Waals surface area contributed by atoms with E-state index in [0.717, 1.165) is 12.5 Å². The number of benzene rings is 1. The molecule has 0 saturated heterocycles. The summed E-state index contributed by atoms with van der Waals surface area (Å²) in [5.74, 6) is -0.846. The minimum atomic E-state index is -5.11. The number of halogens is 5. The normalized spacial score (nSPS) is 14.2. The molecule has 0 amide bonds. The third-order valence-electron chi connectivity index (χ3n) is 4.12. The van der Waals surface area contributed by atoms with Gasteiger partial charge in [-0.25, -0.2) is 13.8 Å². The van der Waals surface area contributed by atoms with Crippen molar-refractivity contribution in [2.45, 2.75) is 58.5 Å². The minimum absolute atomic E-state index is 0.0827. The van der Waals surface area contributed by atoms with Gasteiger partial charge in [0, 0.05) is 28.7 Å².